The number of aromatic nitrogens is 1. The summed E-state index contributed by atoms with van der Waals surface area (Å²) in [6.07, 6.45) is 2.34. The second-order valence-electron chi connectivity index (χ2n) is 6.27. The maximum atomic E-state index is 12.6. The number of nitrogens with two attached hydrogens (primary N) is 1. The van der Waals surface area contributed by atoms with Crippen LogP contribution in [0.5, 0.6) is 0 Å². The number of sulfonamides is 1. The van der Waals surface area contributed by atoms with Crippen LogP contribution in [0.25, 0.3) is 10.9 Å². The van der Waals surface area contributed by atoms with Gasteiger partial charge < -0.3 is 5.73 Å². The molecule has 1 aromatic heterocycles. The van der Waals surface area contributed by atoms with Crippen molar-refractivity contribution in [3.05, 3.63) is 42.1 Å². The summed E-state index contributed by atoms with van der Waals surface area (Å²) in [6, 6.07) is 9.41. The van der Waals surface area contributed by atoms with Crippen molar-refractivity contribution in [2.75, 3.05) is 13.6 Å². The highest BCUT2D eigenvalue weighted by Crippen LogP contribution is 2.19. The lowest BCUT2D eigenvalue weighted by molar-refractivity contribution is 0.397. The van der Waals surface area contributed by atoms with Crippen molar-refractivity contribution in [3.8, 4) is 0 Å². The maximum Gasteiger partial charge on any atom is 0.218 e. The van der Waals surface area contributed by atoms with Gasteiger partial charge in [-0.15, -0.1) is 0 Å². The summed E-state index contributed by atoms with van der Waals surface area (Å²) < 4.78 is 26.6. The first-order valence-electron chi connectivity index (χ1n) is 7.83. The summed E-state index contributed by atoms with van der Waals surface area (Å²) >= 11 is 0. The quantitative estimate of drug-likeness (QED) is 0.843. The van der Waals surface area contributed by atoms with Gasteiger partial charge in [0.2, 0.25) is 10.0 Å². The lowest BCUT2D eigenvalue weighted by atomic mass is 10.0. The van der Waals surface area contributed by atoms with E-state index in [9.17, 15) is 8.42 Å². The molecule has 2 rings (SSSR count). The summed E-state index contributed by atoms with van der Waals surface area (Å²) in [6.45, 7) is 4.52. The minimum Gasteiger partial charge on any atom is -0.327 e. The molecule has 0 spiro atoms. The standard InChI is InChI=1S/C17H25N3O2S/c1-13(2)16(18)9-11-20(3)23(21,22)12-15-7-4-6-14-8-5-10-19-17(14)15/h4-8,10,13,16H,9,11-12,18H2,1-3H3. The first-order chi connectivity index (χ1) is 10.8. The minimum absolute atomic E-state index is 0.00636. The molecule has 1 aromatic carbocycles. The molecule has 0 aliphatic heterocycles. The topological polar surface area (TPSA) is 76.3 Å². The van der Waals surface area contributed by atoms with Crippen LogP contribution in [0.1, 0.15) is 25.8 Å². The van der Waals surface area contributed by atoms with Gasteiger partial charge in [0.25, 0.3) is 0 Å². The highest BCUT2D eigenvalue weighted by atomic mass is 32.2. The number of hydrogen-bond donors (Lipinski definition) is 1. The van der Waals surface area contributed by atoms with Crippen LogP contribution in [0.3, 0.4) is 0 Å². The highest BCUT2D eigenvalue weighted by molar-refractivity contribution is 7.88. The van der Waals surface area contributed by atoms with Crippen LogP contribution >= 0.6 is 0 Å². The fourth-order valence-corrected chi connectivity index (χ4v) is 3.62. The first-order valence-corrected chi connectivity index (χ1v) is 9.44. The lowest BCUT2D eigenvalue weighted by Gasteiger charge is -2.21. The third-order valence-electron chi connectivity index (χ3n) is 4.16. The summed E-state index contributed by atoms with van der Waals surface area (Å²) in [4.78, 5) is 4.32. The van der Waals surface area contributed by atoms with Gasteiger partial charge in [0, 0.05) is 31.2 Å². The number of rotatable bonds is 7. The fraction of sp³-hybridized carbons (Fsp3) is 0.471. The number of benzene rings is 1. The van der Waals surface area contributed by atoms with E-state index in [0.29, 0.717) is 18.9 Å². The van der Waals surface area contributed by atoms with E-state index in [2.05, 4.69) is 4.98 Å². The van der Waals surface area contributed by atoms with Crippen molar-refractivity contribution >= 4 is 20.9 Å². The van der Waals surface area contributed by atoms with Crippen LogP contribution in [-0.2, 0) is 15.8 Å². The Morgan fingerprint density at radius 2 is 1.91 bits per heavy atom. The van der Waals surface area contributed by atoms with Crippen molar-refractivity contribution in [1.29, 1.82) is 0 Å². The minimum atomic E-state index is -3.39. The van der Waals surface area contributed by atoms with E-state index in [1.54, 1.807) is 13.2 Å². The number of para-hydroxylation sites is 1. The van der Waals surface area contributed by atoms with E-state index in [4.69, 9.17) is 5.73 Å². The fourth-order valence-electron chi connectivity index (χ4n) is 2.39. The van der Waals surface area contributed by atoms with E-state index in [0.717, 1.165) is 16.5 Å². The second-order valence-corrected chi connectivity index (χ2v) is 8.34. The van der Waals surface area contributed by atoms with Crippen molar-refractivity contribution in [2.45, 2.75) is 32.1 Å². The molecule has 6 heteroatoms. The molecule has 2 aromatic rings. The highest BCUT2D eigenvalue weighted by Gasteiger charge is 2.21. The summed E-state index contributed by atoms with van der Waals surface area (Å²) in [5.41, 5.74) is 7.47. The van der Waals surface area contributed by atoms with E-state index in [1.807, 2.05) is 44.2 Å². The molecule has 126 valence electrons. The van der Waals surface area contributed by atoms with Gasteiger partial charge in [-0.25, -0.2) is 12.7 Å². The Hall–Kier alpha value is -1.50. The summed E-state index contributed by atoms with van der Waals surface area (Å²) in [5.74, 6) is 0.294. The molecule has 23 heavy (non-hydrogen) atoms. The largest absolute Gasteiger partial charge is 0.327 e. The third kappa shape index (κ3) is 4.50. The molecule has 1 heterocycles. The number of fused-ring (bicyclic) bond motifs is 1. The molecule has 0 bridgehead atoms. The Morgan fingerprint density at radius 1 is 1.22 bits per heavy atom. The smallest absolute Gasteiger partial charge is 0.218 e. The van der Waals surface area contributed by atoms with Crippen LogP contribution in [0.4, 0.5) is 0 Å². The molecule has 2 N–H and O–H groups in total. The Morgan fingerprint density at radius 3 is 2.61 bits per heavy atom. The predicted octanol–water partition coefficient (Wildman–Crippen LogP) is 2.37. The number of pyridine rings is 1. The molecule has 5 nitrogen and oxygen atoms in total. The first kappa shape index (κ1) is 17.8. The van der Waals surface area contributed by atoms with Crippen molar-refractivity contribution in [3.63, 3.8) is 0 Å². The van der Waals surface area contributed by atoms with E-state index in [1.165, 1.54) is 4.31 Å². The zero-order chi connectivity index (χ0) is 17.0. The van der Waals surface area contributed by atoms with Crippen molar-refractivity contribution in [2.24, 2.45) is 11.7 Å². The zero-order valence-corrected chi connectivity index (χ0v) is 14.8. The number of hydrogen-bond acceptors (Lipinski definition) is 4. The van der Waals surface area contributed by atoms with Crippen LogP contribution in [-0.4, -0.2) is 37.3 Å². The van der Waals surface area contributed by atoms with Gasteiger partial charge in [-0.05, 0) is 24.0 Å². The van der Waals surface area contributed by atoms with E-state index < -0.39 is 10.0 Å². The molecule has 0 radical (unpaired) electrons. The van der Waals surface area contributed by atoms with Gasteiger partial charge in [-0.1, -0.05) is 38.1 Å². The van der Waals surface area contributed by atoms with Crippen LogP contribution in [0.2, 0.25) is 0 Å². The Labute approximate surface area is 138 Å². The predicted molar refractivity (Wildman–Crippen MR) is 94.4 cm³/mol. The average Bonchev–Trinajstić information content (AvgIpc) is 2.52. The molecule has 0 saturated heterocycles. The van der Waals surface area contributed by atoms with Gasteiger partial charge in [-0.2, -0.15) is 0 Å². The molecular weight excluding hydrogens is 310 g/mol. The van der Waals surface area contributed by atoms with Crippen molar-refractivity contribution in [1.82, 2.24) is 9.29 Å². The maximum absolute atomic E-state index is 12.6. The molecular formula is C17H25N3O2S. The Bertz CT molecular complexity index is 754. The summed E-state index contributed by atoms with van der Waals surface area (Å²) in [5, 5.41) is 0.949. The summed E-state index contributed by atoms with van der Waals surface area (Å²) in [7, 11) is -1.78. The molecule has 0 amide bonds. The second kappa shape index (κ2) is 7.38. The molecule has 0 aliphatic carbocycles. The van der Waals surface area contributed by atoms with Crippen LogP contribution < -0.4 is 5.73 Å². The van der Waals surface area contributed by atoms with Crippen LogP contribution in [0, 0.1) is 5.92 Å². The van der Waals surface area contributed by atoms with E-state index >= 15 is 0 Å². The Kier molecular flexibility index (Phi) is 5.73. The monoisotopic (exact) mass is 335 g/mol. The molecule has 0 saturated carbocycles. The van der Waals surface area contributed by atoms with Gasteiger partial charge in [0.15, 0.2) is 0 Å². The van der Waals surface area contributed by atoms with Gasteiger partial charge in [0.1, 0.15) is 0 Å². The van der Waals surface area contributed by atoms with E-state index in [-0.39, 0.29) is 11.8 Å². The van der Waals surface area contributed by atoms with Gasteiger partial charge in [-0.3, -0.25) is 4.98 Å². The SMILES string of the molecule is CC(C)C(N)CCN(C)S(=O)(=O)Cc1cccc2cccnc12. The number of nitrogens with zero attached hydrogens (tertiary/aromatic N) is 2. The molecule has 0 fully saturated rings. The third-order valence-corrected chi connectivity index (χ3v) is 5.97. The van der Waals surface area contributed by atoms with Crippen molar-refractivity contribution < 1.29 is 8.42 Å². The normalized spacial score (nSPS) is 13.8. The van der Waals surface area contributed by atoms with Crippen LogP contribution in [0.15, 0.2) is 36.5 Å². The molecule has 0 aliphatic rings. The Balaban J connectivity index is 2.13. The molecule has 1 atom stereocenters. The average molecular weight is 335 g/mol. The van der Waals surface area contributed by atoms with Gasteiger partial charge in [0.05, 0.1) is 11.3 Å². The molecule has 1 unspecified atom stereocenters. The zero-order valence-electron chi connectivity index (χ0n) is 13.9. The lowest BCUT2D eigenvalue weighted by Crippen LogP contribution is -2.35. The van der Waals surface area contributed by atoms with Gasteiger partial charge >= 0.3 is 0 Å².